The minimum atomic E-state index is -4.30. The Morgan fingerprint density at radius 2 is 1.56 bits per heavy atom. The Morgan fingerprint density at radius 3 is 2.15 bits per heavy atom. The lowest BCUT2D eigenvalue weighted by Gasteiger charge is -2.32. The number of sulfonamides is 1. The number of anilines is 1. The van der Waals surface area contributed by atoms with Gasteiger partial charge in [-0.1, -0.05) is 61.5 Å². The molecule has 1 N–H and O–H groups in total. The molecular weight excluding hydrogens is 520 g/mol. The second-order valence-electron chi connectivity index (χ2n) is 9.10. The highest BCUT2D eigenvalue weighted by molar-refractivity contribution is 7.92. The van der Waals surface area contributed by atoms with E-state index < -0.39 is 33.4 Å². The largest absolute Gasteiger partial charge is 0.352 e. The van der Waals surface area contributed by atoms with Gasteiger partial charge < -0.3 is 10.2 Å². The van der Waals surface area contributed by atoms with Gasteiger partial charge in [-0.15, -0.1) is 0 Å². The third-order valence-electron chi connectivity index (χ3n) is 6.30. The summed E-state index contributed by atoms with van der Waals surface area (Å²) in [6.45, 7) is 4.75. The predicted octanol–water partition coefficient (Wildman–Crippen LogP) is 4.12. The molecule has 206 valence electrons. The van der Waals surface area contributed by atoms with E-state index in [2.05, 4.69) is 5.32 Å². The van der Waals surface area contributed by atoms with Crippen LogP contribution in [-0.2, 0) is 26.2 Å². The van der Waals surface area contributed by atoms with Crippen molar-refractivity contribution in [2.75, 3.05) is 10.8 Å². The summed E-state index contributed by atoms with van der Waals surface area (Å²) in [5, 5.41) is 14.3. The zero-order valence-electron chi connectivity index (χ0n) is 22.1. The number of nitrogens with one attached hydrogen (secondary N) is 1. The summed E-state index contributed by atoms with van der Waals surface area (Å²) in [5.41, 5.74) is 0.385. The number of non-ortho nitro benzene ring substituents is 1. The topological polar surface area (TPSA) is 130 Å². The monoisotopic (exact) mass is 552 g/mol. The molecule has 0 unspecified atom stereocenters. The number of rotatable bonds is 12. The number of hydrogen-bond donors (Lipinski definition) is 1. The number of benzene rings is 3. The van der Waals surface area contributed by atoms with Crippen molar-refractivity contribution in [3.05, 3.63) is 101 Å². The van der Waals surface area contributed by atoms with Crippen LogP contribution in [0.15, 0.2) is 89.8 Å². The molecule has 0 spiro atoms. The van der Waals surface area contributed by atoms with Crippen LogP contribution in [0.5, 0.6) is 0 Å². The van der Waals surface area contributed by atoms with Gasteiger partial charge in [0.1, 0.15) is 12.6 Å². The molecule has 2 atom stereocenters. The minimum absolute atomic E-state index is 0.0437. The minimum Gasteiger partial charge on any atom is -0.352 e. The fraction of sp³-hybridized carbons (Fsp3) is 0.286. The quantitative estimate of drug-likeness (QED) is 0.266. The second kappa shape index (κ2) is 13.0. The lowest BCUT2D eigenvalue weighted by molar-refractivity contribution is -0.384. The second-order valence-corrected chi connectivity index (χ2v) is 11.0. The first-order chi connectivity index (χ1) is 18.5. The van der Waals surface area contributed by atoms with Crippen LogP contribution in [0, 0.1) is 10.1 Å². The first kappa shape index (κ1) is 29.3. The molecule has 3 aromatic rings. The van der Waals surface area contributed by atoms with E-state index in [1.54, 1.807) is 49.4 Å². The number of amides is 2. The number of nitrogens with zero attached hydrogens (tertiary/aromatic N) is 3. The maximum absolute atomic E-state index is 13.8. The first-order valence-electron chi connectivity index (χ1n) is 12.5. The predicted molar refractivity (Wildman–Crippen MR) is 148 cm³/mol. The van der Waals surface area contributed by atoms with Crippen molar-refractivity contribution in [3.63, 3.8) is 0 Å². The van der Waals surface area contributed by atoms with Crippen LogP contribution in [0.1, 0.15) is 32.8 Å². The Morgan fingerprint density at radius 1 is 0.949 bits per heavy atom. The van der Waals surface area contributed by atoms with Gasteiger partial charge in [-0.05, 0) is 44.0 Å². The van der Waals surface area contributed by atoms with Crippen LogP contribution < -0.4 is 9.62 Å². The van der Waals surface area contributed by atoms with Crippen molar-refractivity contribution < 1.29 is 22.9 Å². The van der Waals surface area contributed by atoms with Crippen molar-refractivity contribution in [2.24, 2.45) is 0 Å². The SMILES string of the molecule is CC[C@@H](C)NC(=O)[C@@H](C)N(Cc1ccccc1)C(=O)CN(c1cccc([N+](=O)[O-])c1)S(=O)(=O)c1ccccc1. The van der Waals surface area contributed by atoms with Gasteiger partial charge in [0.05, 0.1) is 15.5 Å². The van der Waals surface area contributed by atoms with Gasteiger partial charge in [0.15, 0.2) is 0 Å². The van der Waals surface area contributed by atoms with Gasteiger partial charge in [-0.25, -0.2) is 8.42 Å². The molecule has 0 aliphatic rings. The van der Waals surface area contributed by atoms with E-state index in [4.69, 9.17) is 0 Å². The molecule has 0 saturated heterocycles. The maximum atomic E-state index is 13.8. The van der Waals surface area contributed by atoms with Gasteiger partial charge in [-0.2, -0.15) is 0 Å². The summed E-state index contributed by atoms with van der Waals surface area (Å²) >= 11 is 0. The average molecular weight is 553 g/mol. The molecule has 0 aromatic heterocycles. The van der Waals surface area contributed by atoms with Crippen LogP contribution in [0.3, 0.4) is 0 Å². The van der Waals surface area contributed by atoms with Crippen LogP contribution >= 0.6 is 0 Å². The Bertz CT molecular complexity index is 1400. The average Bonchev–Trinajstić information content (AvgIpc) is 2.94. The summed E-state index contributed by atoms with van der Waals surface area (Å²) in [4.78, 5) is 38.9. The summed E-state index contributed by atoms with van der Waals surface area (Å²) in [6, 6.07) is 20.6. The van der Waals surface area contributed by atoms with Gasteiger partial charge in [0, 0.05) is 24.7 Å². The Labute approximate surface area is 228 Å². The van der Waals surface area contributed by atoms with Crippen LogP contribution in [0.25, 0.3) is 0 Å². The number of nitro benzene ring substituents is 1. The van der Waals surface area contributed by atoms with E-state index in [1.807, 2.05) is 19.9 Å². The molecule has 0 fully saturated rings. The van der Waals surface area contributed by atoms with E-state index >= 15 is 0 Å². The summed E-state index contributed by atoms with van der Waals surface area (Å²) < 4.78 is 28.3. The molecular formula is C28H32N4O6S. The maximum Gasteiger partial charge on any atom is 0.271 e. The summed E-state index contributed by atoms with van der Waals surface area (Å²) in [7, 11) is -4.30. The normalized spacial score (nSPS) is 12.7. The van der Waals surface area contributed by atoms with Crippen molar-refractivity contribution in [1.29, 1.82) is 0 Å². The molecule has 0 bridgehead atoms. The van der Waals surface area contributed by atoms with Gasteiger partial charge >= 0.3 is 0 Å². The molecule has 0 aliphatic heterocycles. The van der Waals surface area contributed by atoms with Crippen LogP contribution in [0.4, 0.5) is 11.4 Å². The fourth-order valence-electron chi connectivity index (χ4n) is 3.84. The number of nitro groups is 1. The van der Waals surface area contributed by atoms with Gasteiger partial charge in [0.25, 0.3) is 15.7 Å². The lowest BCUT2D eigenvalue weighted by Crippen LogP contribution is -2.52. The molecule has 39 heavy (non-hydrogen) atoms. The highest BCUT2D eigenvalue weighted by Gasteiger charge is 2.33. The number of hydrogen-bond acceptors (Lipinski definition) is 6. The van der Waals surface area contributed by atoms with E-state index in [-0.39, 0.29) is 34.8 Å². The van der Waals surface area contributed by atoms with Crippen molar-refractivity contribution in [1.82, 2.24) is 10.2 Å². The zero-order valence-corrected chi connectivity index (χ0v) is 22.9. The Hall–Kier alpha value is -4.25. The van der Waals surface area contributed by atoms with E-state index in [1.165, 1.54) is 35.2 Å². The molecule has 0 saturated carbocycles. The lowest BCUT2D eigenvalue weighted by atomic mass is 10.1. The molecule has 11 heteroatoms. The summed E-state index contributed by atoms with van der Waals surface area (Å²) in [6.07, 6.45) is 0.695. The standard InChI is InChI=1S/C28H32N4O6S/c1-4-21(2)29-28(34)22(3)30(19-23-12-7-5-8-13-23)27(33)20-31(24-14-11-15-25(18-24)32(35)36)39(37,38)26-16-9-6-10-17-26/h5-18,21-22H,4,19-20H2,1-3H3,(H,29,34)/t21-,22-/m1/s1. The van der Waals surface area contributed by atoms with Crippen LogP contribution in [0.2, 0.25) is 0 Å². The molecule has 2 amide bonds. The molecule has 0 radical (unpaired) electrons. The van der Waals surface area contributed by atoms with Gasteiger partial charge in [0.2, 0.25) is 11.8 Å². The van der Waals surface area contributed by atoms with E-state index in [0.717, 1.165) is 15.9 Å². The highest BCUT2D eigenvalue weighted by atomic mass is 32.2. The van der Waals surface area contributed by atoms with E-state index in [0.29, 0.717) is 6.42 Å². The molecule has 0 aliphatic carbocycles. The third kappa shape index (κ3) is 7.41. The Balaban J connectivity index is 2.04. The molecule has 0 heterocycles. The Kier molecular flexibility index (Phi) is 9.78. The van der Waals surface area contributed by atoms with Gasteiger partial charge in [-0.3, -0.25) is 24.0 Å². The third-order valence-corrected chi connectivity index (χ3v) is 8.09. The first-order valence-corrected chi connectivity index (χ1v) is 13.9. The fourth-order valence-corrected chi connectivity index (χ4v) is 5.27. The van der Waals surface area contributed by atoms with Crippen LogP contribution in [-0.4, -0.2) is 48.7 Å². The number of carbonyl (C=O) groups excluding carboxylic acids is 2. The van der Waals surface area contributed by atoms with Crippen molar-refractivity contribution >= 4 is 33.2 Å². The molecule has 10 nitrogen and oxygen atoms in total. The molecule has 3 rings (SSSR count). The number of carbonyl (C=O) groups is 2. The smallest absolute Gasteiger partial charge is 0.271 e. The molecule has 3 aromatic carbocycles. The van der Waals surface area contributed by atoms with Crippen molar-refractivity contribution in [2.45, 2.75) is 50.7 Å². The van der Waals surface area contributed by atoms with E-state index in [9.17, 15) is 28.1 Å². The summed E-state index contributed by atoms with van der Waals surface area (Å²) in [5.74, 6) is -1.02. The zero-order chi connectivity index (χ0) is 28.6. The highest BCUT2D eigenvalue weighted by Crippen LogP contribution is 2.27. The van der Waals surface area contributed by atoms with Crippen molar-refractivity contribution in [3.8, 4) is 0 Å².